The summed E-state index contributed by atoms with van der Waals surface area (Å²) in [5.41, 5.74) is 5.21. The monoisotopic (exact) mass is 472 g/mol. The minimum absolute atomic E-state index is 0.170. The van der Waals surface area contributed by atoms with Gasteiger partial charge >= 0.3 is 0 Å². The van der Waals surface area contributed by atoms with E-state index in [2.05, 4.69) is 10.5 Å². The molecule has 1 heterocycles. The first kappa shape index (κ1) is 21.8. The quantitative estimate of drug-likeness (QED) is 0.285. The van der Waals surface area contributed by atoms with E-state index in [9.17, 15) is 4.79 Å². The van der Waals surface area contributed by atoms with Gasteiger partial charge in [-0.15, -0.1) is 0 Å². The van der Waals surface area contributed by atoms with Gasteiger partial charge in [-0.25, -0.2) is 5.43 Å². The molecule has 34 heavy (non-hydrogen) atoms. The second-order valence-corrected chi connectivity index (χ2v) is 8.21. The maximum absolute atomic E-state index is 12.5. The van der Waals surface area contributed by atoms with Gasteiger partial charge in [0.05, 0.1) is 12.6 Å². The Morgan fingerprint density at radius 3 is 2.65 bits per heavy atom. The van der Waals surface area contributed by atoms with E-state index in [-0.39, 0.29) is 19.1 Å². The number of nitrogens with zero attached hydrogens (tertiary/aromatic N) is 1. The van der Waals surface area contributed by atoms with Gasteiger partial charge in [0.25, 0.3) is 0 Å². The Balaban J connectivity index is 1.31. The molecule has 0 aromatic heterocycles. The number of hydrogen-bond acceptors (Lipinski definition) is 5. The number of amides is 1. The molecule has 7 heteroatoms. The first-order valence-electron chi connectivity index (χ1n) is 10.8. The van der Waals surface area contributed by atoms with E-state index >= 15 is 0 Å². The highest BCUT2D eigenvalue weighted by molar-refractivity contribution is 6.30. The number of fused-ring (bicyclic) bond motifs is 2. The van der Waals surface area contributed by atoms with Crippen LogP contribution >= 0.6 is 11.6 Å². The maximum atomic E-state index is 12.5. The van der Waals surface area contributed by atoms with E-state index in [0.717, 1.165) is 27.5 Å². The molecular formula is C27H21ClN2O4. The summed E-state index contributed by atoms with van der Waals surface area (Å²) >= 11 is 5.97. The fourth-order valence-corrected chi connectivity index (χ4v) is 3.85. The summed E-state index contributed by atoms with van der Waals surface area (Å²) in [5, 5.41) is 6.92. The number of nitrogens with one attached hydrogen (secondary N) is 1. The van der Waals surface area contributed by atoms with E-state index in [0.29, 0.717) is 28.9 Å². The summed E-state index contributed by atoms with van der Waals surface area (Å²) in [4.78, 5) is 12.5. The largest absolute Gasteiger partial charge is 0.488 e. The molecular weight excluding hydrogens is 452 g/mol. The molecule has 1 aliphatic heterocycles. The molecule has 1 aliphatic rings. The fraction of sp³-hybridized carbons (Fsp3) is 0.111. The van der Waals surface area contributed by atoms with Gasteiger partial charge in [0, 0.05) is 10.6 Å². The molecule has 0 bridgehead atoms. The maximum Gasteiger partial charge on any atom is 0.244 e. The zero-order valence-corrected chi connectivity index (χ0v) is 18.9. The van der Waals surface area contributed by atoms with Gasteiger partial charge in [0.2, 0.25) is 12.7 Å². The Labute approximate surface area is 201 Å². The lowest BCUT2D eigenvalue weighted by molar-refractivity contribution is -0.120. The van der Waals surface area contributed by atoms with Gasteiger partial charge in [0.15, 0.2) is 11.5 Å². The molecule has 0 radical (unpaired) electrons. The molecule has 4 aromatic rings. The molecule has 0 fully saturated rings. The topological polar surface area (TPSA) is 69.2 Å². The number of ether oxygens (including phenoxy) is 3. The third kappa shape index (κ3) is 4.97. The summed E-state index contributed by atoms with van der Waals surface area (Å²) in [6.07, 6.45) is 1.79. The van der Waals surface area contributed by atoms with Crippen LogP contribution in [0.4, 0.5) is 0 Å². The average molecular weight is 473 g/mol. The molecule has 0 spiro atoms. The van der Waals surface area contributed by atoms with Gasteiger partial charge < -0.3 is 14.2 Å². The van der Waals surface area contributed by atoms with E-state index < -0.39 is 0 Å². The highest BCUT2D eigenvalue weighted by Crippen LogP contribution is 2.32. The Morgan fingerprint density at radius 1 is 0.971 bits per heavy atom. The second kappa shape index (κ2) is 9.85. The number of benzene rings is 4. The normalized spacial score (nSPS) is 12.3. The summed E-state index contributed by atoms with van der Waals surface area (Å²) in [5.74, 6) is 1.76. The van der Waals surface area contributed by atoms with Crippen molar-refractivity contribution in [1.82, 2.24) is 5.43 Å². The van der Waals surface area contributed by atoms with Crippen LogP contribution < -0.4 is 19.6 Å². The van der Waals surface area contributed by atoms with Crippen LogP contribution in [0.5, 0.6) is 17.2 Å². The number of hydrogen-bond donors (Lipinski definition) is 1. The van der Waals surface area contributed by atoms with E-state index in [4.69, 9.17) is 25.8 Å². The van der Waals surface area contributed by atoms with Crippen LogP contribution in [0.1, 0.15) is 16.7 Å². The molecule has 6 nitrogen and oxygen atoms in total. The molecule has 1 N–H and O–H groups in total. The molecule has 5 rings (SSSR count). The lowest BCUT2D eigenvalue weighted by atomic mass is 10.0. The zero-order valence-electron chi connectivity index (χ0n) is 18.2. The molecule has 0 saturated carbocycles. The van der Waals surface area contributed by atoms with Crippen molar-refractivity contribution in [2.75, 3.05) is 6.79 Å². The van der Waals surface area contributed by atoms with Crippen LogP contribution in [-0.2, 0) is 17.8 Å². The molecule has 0 saturated heterocycles. The molecule has 170 valence electrons. The minimum Gasteiger partial charge on any atom is -0.488 e. The number of carbonyl (C=O) groups is 1. The third-order valence-electron chi connectivity index (χ3n) is 5.42. The van der Waals surface area contributed by atoms with E-state index in [1.807, 2.05) is 66.7 Å². The van der Waals surface area contributed by atoms with Crippen LogP contribution in [0.2, 0.25) is 5.02 Å². The van der Waals surface area contributed by atoms with Gasteiger partial charge in [-0.2, -0.15) is 5.10 Å². The predicted molar refractivity (Wildman–Crippen MR) is 132 cm³/mol. The van der Waals surface area contributed by atoms with Crippen molar-refractivity contribution in [2.24, 2.45) is 5.10 Å². The molecule has 1 amide bonds. The van der Waals surface area contributed by atoms with Crippen molar-refractivity contribution in [1.29, 1.82) is 0 Å². The summed E-state index contributed by atoms with van der Waals surface area (Å²) in [6, 6.07) is 24.8. The lowest BCUT2D eigenvalue weighted by Gasteiger charge is -2.12. The zero-order chi connectivity index (χ0) is 23.3. The molecule has 0 aliphatic carbocycles. The summed E-state index contributed by atoms with van der Waals surface area (Å²) in [6.45, 7) is 0.579. The molecule has 0 atom stereocenters. The SMILES string of the molecule is O=C(Cc1ccc2c(c1)OCO2)NN=Cc1c(OCc2ccc(Cl)cc2)ccc2ccccc12. The molecule has 0 unspecified atom stereocenters. The van der Waals surface area contributed by atoms with Crippen molar-refractivity contribution in [2.45, 2.75) is 13.0 Å². The highest BCUT2D eigenvalue weighted by Gasteiger charge is 2.14. The van der Waals surface area contributed by atoms with Crippen molar-refractivity contribution in [3.63, 3.8) is 0 Å². The minimum atomic E-state index is -0.237. The Morgan fingerprint density at radius 2 is 1.76 bits per heavy atom. The Bertz CT molecular complexity index is 1370. The van der Waals surface area contributed by atoms with Gasteiger partial charge in [0.1, 0.15) is 12.4 Å². The molecule has 4 aromatic carbocycles. The van der Waals surface area contributed by atoms with Crippen LogP contribution in [-0.4, -0.2) is 18.9 Å². The van der Waals surface area contributed by atoms with Gasteiger partial charge in [-0.05, 0) is 52.2 Å². The number of carbonyl (C=O) groups excluding carboxylic acids is 1. The summed E-state index contributed by atoms with van der Waals surface area (Å²) in [7, 11) is 0. The summed E-state index contributed by atoms with van der Waals surface area (Å²) < 4.78 is 16.8. The predicted octanol–water partition coefficient (Wildman–Crippen LogP) is 5.49. The Hall–Kier alpha value is -4.03. The van der Waals surface area contributed by atoms with Crippen LogP contribution in [0.15, 0.2) is 84.0 Å². The van der Waals surface area contributed by atoms with Crippen LogP contribution in [0, 0.1) is 0 Å². The smallest absolute Gasteiger partial charge is 0.244 e. The first-order chi connectivity index (χ1) is 16.7. The fourth-order valence-electron chi connectivity index (χ4n) is 3.72. The van der Waals surface area contributed by atoms with E-state index in [1.54, 1.807) is 18.3 Å². The third-order valence-corrected chi connectivity index (χ3v) is 5.67. The van der Waals surface area contributed by atoms with Gasteiger partial charge in [-0.1, -0.05) is 60.1 Å². The Kier molecular flexibility index (Phi) is 6.31. The number of halogens is 1. The first-order valence-corrected chi connectivity index (χ1v) is 11.1. The van der Waals surface area contributed by atoms with Crippen LogP contribution in [0.3, 0.4) is 0 Å². The van der Waals surface area contributed by atoms with Crippen molar-refractivity contribution in [3.8, 4) is 17.2 Å². The van der Waals surface area contributed by atoms with Crippen LogP contribution in [0.25, 0.3) is 10.8 Å². The highest BCUT2D eigenvalue weighted by atomic mass is 35.5. The lowest BCUT2D eigenvalue weighted by Crippen LogP contribution is -2.19. The average Bonchev–Trinajstić information content (AvgIpc) is 3.32. The number of hydrazone groups is 1. The van der Waals surface area contributed by atoms with Crippen molar-refractivity contribution >= 4 is 34.5 Å². The second-order valence-electron chi connectivity index (χ2n) is 7.77. The van der Waals surface area contributed by atoms with Crippen molar-refractivity contribution < 1.29 is 19.0 Å². The van der Waals surface area contributed by atoms with Crippen molar-refractivity contribution in [3.05, 3.63) is 101 Å². The number of rotatable bonds is 7. The van der Waals surface area contributed by atoms with E-state index in [1.165, 1.54) is 0 Å². The van der Waals surface area contributed by atoms with Gasteiger partial charge in [-0.3, -0.25) is 4.79 Å². The standard InChI is InChI=1S/C27H21ClN2O4/c28-21-9-5-18(6-10-21)16-32-24-12-8-20-3-1-2-4-22(20)23(24)15-29-30-27(31)14-19-7-11-25-26(13-19)34-17-33-25/h1-13,15H,14,16-17H2,(H,30,31).